The molecule has 0 atom stereocenters. The Morgan fingerprint density at radius 3 is 2.46 bits per heavy atom. The van der Waals surface area contributed by atoms with Crippen molar-refractivity contribution >= 4 is 45.3 Å². The topological polar surface area (TPSA) is 36.9 Å². The summed E-state index contributed by atoms with van der Waals surface area (Å²) >= 11 is 1.53. The van der Waals surface area contributed by atoms with Crippen molar-refractivity contribution in [2.45, 2.75) is 6.92 Å². The molecule has 0 amide bonds. The number of nitrogens with zero attached hydrogens (tertiary/aromatic N) is 2. The van der Waals surface area contributed by atoms with E-state index in [0.717, 1.165) is 33.4 Å². The van der Waals surface area contributed by atoms with Gasteiger partial charge in [0, 0.05) is 17.2 Å². The van der Waals surface area contributed by atoms with E-state index in [4.69, 9.17) is 4.74 Å². The molecule has 7 heteroatoms. The Bertz CT molecular complexity index is 879. The van der Waals surface area contributed by atoms with Crippen molar-refractivity contribution in [2.75, 3.05) is 6.61 Å². The highest BCUT2D eigenvalue weighted by molar-refractivity contribution is 8.93. The molecule has 0 spiro atoms. The molecule has 0 saturated carbocycles. The molecule has 2 aliphatic rings. The van der Waals surface area contributed by atoms with E-state index in [1.54, 1.807) is 12.1 Å². The summed E-state index contributed by atoms with van der Waals surface area (Å²) in [6, 6.07) is 14.4. The van der Waals surface area contributed by atoms with Crippen LogP contribution in [0, 0.1) is 5.82 Å². The summed E-state index contributed by atoms with van der Waals surface area (Å²) in [6.45, 7) is 2.61. The number of halogens is 2. The lowest BCUT2D eigenvalue weighted by Crippen LogP contribution is -2.26. The first kappa shape index (κ1) is 18.5. The van der Waals surface area contributed by atoms with Crippen LogP contribution < -0.4 is 10.2 Å². The molecule has 4 nitrogen and oxygen atoms in total. The molecule has 0 radical (unpaired) electrons. The number of hydrogen-bond donors (Lipinski definition) is 1. The van der Waals surface area contributed by atoms with Crippen LogP contribution in [0.15, 0.2) is 65.2 Å². The number of hydrazone groups is 1. The molecule has 4 rings (SSSR count). The summed E-state index contributed by atoms with van der Waals surface area (Å²) in [6.07, 6.45) is 2.01. The quantitative estimate of drug-likeness (QED) is 0.733. The molecule has 2 heterocycles. The van der Waals surface area contributed by atoms with Crippen LogP contribution in [0.25, 0.3) is 11.4 Å². The first-order chi connectivity index (χ1) is 12.2. The third-order valence-electron chi connectivity index (χ3n) is 3.89. The monoisotopic (exact) mass is 433 g/mol. The van der Waals surface area contributed by atoms with Crippen molar-refractivity contribution < 1.29 is 9.13 Å². The van der Waals surface area contributed by atoms with E-state index in [1.807, 2.05) is 47.7 Å². The van der Waals surface area contributed by atoms with Gasteiger partial charge in [0.1, 0.15) is 11.6 Å². The molecule has 0 unspecified atom stereocenters. The van der Waals surface area contributed by atoms with E-state index in [9.17, 15) is 4.39 Å². The molecule has 0 aliphatic carbocycles. The summed E-state index contributed by atoms with van der Waals surface area (Å²) < 4.78 is 18.7. The van der Waals surface area contributed by atoms with E-state index in [2.05, 4.69) is 10.5 Å². The van der Waals surface area contributed by atoms with Crippen molar-refractivity contribution in [3.8, 4) is 5.75 Å². The summed E-state index contributed by atoms with van der Waals surface area (Å²) in [5.74, 6) is 0.602. The fourth-order valence-corrected chi connectivity index (χ4v) is 3.49. The van der Waals surface area contributed by atoms with Gasteiger partial charge in [-0.15, -0.1) is 22.1 Å². The van der Waals surface area contributed by atoms with Gasteiger partial charge in [-0.05, 0) is 61.0 Å². The van der Waals surface area contributed by atoms with Crippen LogP contribution in [0.5, 0.6) is 5.75 Å². The second-order valence-electron chi connectivity index (χ2n) is 5.50. The predicted molar refractivity (Wildman–Crippen MR) is 110 cm³/mol. The molecule has 0 fully saturated rings. The molecule has 134 valence electrons. The Morgan fingerprint density at radius 1 is 1.08 bits per heavy atom. The zero-order valence-corrected chi connectivity index (χ0v) is 16.5. The van der Waals surface area contributed by atoms with Crippen LogP contribution in [0.1, 0.15) is 18.1 Å². The molecule has 2 aromatic carbocycles. The Labute approximate surface area is 166 Å². The maximum absolute atomic E-state index is 13.2. The molecular formula is C19H17BrFN3OS. The Kier molecular flexibility index (Phi) is 5.68. The van der Waals surface area contributed by atoms with Crippen molar-refractivity contribution in [1.82, 2.24) is 10.3 Å². The van der Waals surface area contributed by atoms with Crippen LogP contribution in [-0.2, 0) is 0 Å². The molecule has 2 aromatic rings. The Morgan fingerprint density at radius 2 is 1.77 bits per heavy atom. The highest BCUT2D eigenvalue weighted by atomic mass is 79.9. The molecular weight excluding hydrogens is 417 g/mol. The summed E-state index contributed by atoms with van der Waals surface area (Å²) in [4.78, 5) is 2.01. The van der Waals surface area contributed by atoms with E-state index in [0.29, 0.717) is 6.61 Å². The number of amidine groups is 1. The fraction of sp³-hybridized carbons (Fsp3) is 0.105. The number of ether oxygens (including phenoxy) is 1. The Balaban J connectivity index is 0.00000196. The number of rotatable bonds is 4. The zero-order chi connectivity index (χ0) is 17.2. The van der Waals surface area contributed by atoms with Crippen LogP contribution in [0.3, 0.4) is 0 Å². The van der Waals surface area contributed by atoms with Gasteiger partial charge in [-0.3, -0.25) is 10.3 Å². The van der Waals surface area contributed by atoms with Crippen molar-refractivity contribution in [1.29, 1.82) is 0 Å². The SMILES string of the molecule is Br.CCOc1ccc(C2=CN3C(c4ccc(F)cc4)=CSC3=NN2)cc1. The average molecular weight is 434 g/mol. The van der Waals surface area contributed by atoms with Crippen molar-refractivity contribution in [2.24, 2.45) is 5.10 Å². The van der Waals surface area contributed by atoms with Crippen molar-refractivity contribution in [3.05, 3.63) is 77.1 Å². The van der Waals surface area contributed by atoms with Crippen LogP contribution in [-0.4, -0.2) is 16.7 Å². The summed E-state index contributed by atoms with van der Waals surface area (Å²) in [5.41, 5.74) is 6.93. The minimum atomic E-state index is -0.241. The largest absolute Gasteiger partial charge is 0.494 e. The standard InChI is InChI=1S/C19H16FN3OS.BrH/c1-2-24-16-9-5-13(6-10-16)17-11-23-18(12-25-19(23)22-21-17)14-3-7-15(20)8-4-14;/h3-12,21H,2H2,1H3;1H. The summed E-state index contributed by atoms with van der Waals surface area (Å²) in [7, 11) is 0. The van der Waals surface area contributed by atoms with Crippen molar-refractivity contribution in [3.63, 3.8) is 0 Å². The van der Waals surface area contributed by atoms with Gasteiger partial charge in [-0.25, -0.2) is 4.39 Å². The van der Waals surface area contributed by atoms with Gasteiger partial charge >= 0.3 is 0 Å². The lowest BCUT2D eigenvalue weighted by molar-refractivity contribution is 0.340. The number of nitrogens with one attached hydrogen (secondary N) is 1. The van der Waals surface area contributed by atoms with E-state index in [-0.39, 0.29) is 22.8 Å². The third kappa shape index (κ3) is 3.64. The van der Waals surface area contributed by atoms with Gasteiger partial charge in [0.15, 0.2) is 5.17 Å². The minimum Gasteiger partial charge on any atom is -0.494 e. The second kappa shape index (κ2) is 7.97. The highest BCUT2D eigenvalue weighted by Crippen LogP contribution is 2.36. The van der Waals surface area contributed by atoms with Gasteiger partial charge in [0.25, 0.3) is 0 Å². The maximum Gasteiger partial charge on any atom is 0.196 e. The van der Waals surface area contributed by atoms with Crippen LogP contribution >= 0.6 is 28.7 Å². The van der Waals surface area contributed by atoms with Crippen LogP contribution in [0.4, 0.5) is 4.39 Å². The molecule has 0 aromatic heterocycles. The Hall–Kier alpha value is -2.25. The maximum atomic E-state index is 13.2. The van der Waals surface area contributed by atoms with Gasteiger partial charge in [0.05, 0.1) is 18.0 Å². The van der Waals surface area contributed by atoms with Gasteiger partial charge in [0.2, 0.25) is 0 Å². The lowest BCUT2D eigenvalue weighted by atomic mass is 10.1. The summed E-state index contributed by atoms with van der Waals surface area (Å²) in [5, 5.41) is 7.29. The van der Waals surface area contributed by atoms with E-state index >= 15 is 0 Å². The smallest absolute Gasteiger partial charge is 0.196 e. The minimum absolute atomic E-state index is 0. The third-order valence-corrected chi connectivity index (χ3v) is 4.73. The molecule has 2 aliphatic heterocycles. The van der Waals surface area contributed by atoms with Gasteiger partial charge < -0.3 is 4.74 Å². The fourth-order valence-electron chi connectivity index (χ4n) is 2.66. The molecule has 0 saturated heterocycles. The highest BCUT2D eigenvalue weighted by Gasteiger charge is 2.26. The zero-order valence-electron chi connectivity index (χ0n) is 14.0. The van der Waals surface area contributed by atoms with Gasteiger partial charge in [-0.1, -0.05) is 11.8 Å². The van der Waals surface area contributed by atoms with E-state index < -0.39 is 0 Å². The second-order valence-corrected chi connectivity index (χ2v) is 6.34. The average Bonchev–Trinajstić information content (AvgIpc) is 3.06. The van der Waals surface area contributed by atoms with Crippen LogP contribution in [0.2, 0.25) is 0 Å². The first-order valence-electron chi connectivity index (χ1n) is 7.95. The number of benzene rings is 2. The number of hydrogen-bond acceptors (Lipinski definition) is 5. The predicted octanol–water partition coefficient (Wildman–Crippen LogP) is 5.02. The number of thioether (sulfide) groups is 1. The first-order valence-corrected chi connectivity index (χ1v) is 8.83. The molecule has 26 heavy (non-hydrogen) atoms. The number of fused-ring (bicyclic) bond motifs is 1. The molecule has 0 bridgehead atoms. The lowest BCUT2D eigenvalue weighted by Gasteiger charge is -2.24. The van der Waals surface area contributed by atoms with E-state index in [1.165, 1.54) is 23.9 Å². The van der Waals surface area contributed by atoms with Gasteiger partial charge in [-0.2, -0.15) is 0 Å². The normalized spacial score (nSPS) is 15.2. The molecule has 1 N–H and O–H groups in total.